The number of benzene rings is 2. The van der Waals surface area contributed by atoms with Crippen molar-refractivity contribution in [1.29, 1.82) is 0 Å². The number of hydrogen-bond acceptors (Lipinski definition) is 4. The number of aromatic nitrogens is 3. The van der Waals surface area contributed by atoms with Crippen LogP contribution in [0.2, 0.25) is 5.02 Å². The zero-order valence-electron chi connectivity index (χ0n) is 18.4. The van der Waals surface area contributed by atoms with Crippen LogP contribution in [0.4, 0.5) is 5.69 Å². The molecule has 1 heterocycles. The molecule has 0 aliphatic heterocycles. The second-order valence-corrected chi connectivity index (χ2v) is 9.12. The Labute approximate surface area is 193 Å². The van der Waals surface area contributed by atoms with Gasteiger partial charge in [-0.1, -0.05) is 66.7 Å². The molecule has 0 unspecified atom stereocenters. The van der Waals surface area contributed by atoms with Crippen LogP contribution in [0.25, 0.3) is 0 Å². The summed E-state index contributed by atoms with van der Waals surface area (Å²) >= 11 is 7.63. The van der Waals surface area contributed by atoms with Crippen molar-refractivity contribution in [3.8, 4) is 0 Å². The molecule has 0 radical (unpaired) electrons. The Bertz CT molecular complexity index is 1020. The van der Waals surface area contributed by atoms with Gasteiger partial charge in [0.1, 0.15) is 6.04 Å². The summed E-state index contributed by atoms with van der Waals surface area (Å²) in [6.07, 6.45) is 0.951. The average molecular weight is 459 g/mol. The first kappa shape index (κ1) is 23.3. The molecule has 0 saturated heterocycles. The van der Waals surface area contributed by atoms with Crippen molar-refractivity contribution in [2.24, 2.45) is 0 Å². The van der Waals surface area contributed by atoms with E-state index in [4.69, 9.17) is 11.6 Å². The summed E-state index contributed by atoms with van der Waals surface area (Å²) < 4.78 is 2.13. The number of nitrogens with zero attached hydrogens (tertiary/aromatic N) is 3. The Balaban J connectivity index is 1.78. The topological polar surface area (TPSA) is 64.2 Å². The van der Waals surface area contributed by atoms with Crippen LogP contribution in [0.1, 0.15) is 36.3 Å². The number of quaternary nitrogens is 1. The van der Waals surface area contributed by atoms with Crippen LogP contribution < -0.4 is 10.2 Å². The van der Waals surface area contributed by atoms with Gasteiger partial charge >= 0.3 is 0 Å². The Morgan fingerprint density at radius 3 is 2.58 bits per heavy atom. The summed E-state index contributed by atoms with van der Waals surface area (Å²) in [6, 6.07) is 16.0. The van der Waals surface area contributed by atoms with Gasteiger partial charge in [-0.25, -0.2) is 0 Å². The van der Waals surface area contributed by atoms with Gasteiger partial charge < -0.3 is 10.2 Å². The highest BCUT2D eigenvalue weighted by atomic mass is 35.5. The Kier molecular flexibility index (Phi) is 8.12. The molecule has 0 aliphatic rings. The lowest BCUT2D eigenvalue weighted by Gasteiger charge is -2.20. The number of aryl methyl sites for hydroxylation is 1. The van der Waals surface area contributed by atoms with E-state index in [2.05, 4.69) is 53.2 Å². The predicted octanol–water partition coefficient (Wildman–Crippen LogP) is 3.61. The van der Waals surface area contributed by atoms with E-state index in [9.17, 15) is 4.79 Å². The fourth-order valence-corrected chi connectivity index (χ4v) is 4.49. The van der Waals surface area contributed by atoms with Gasteiger partial charge in [-0.2, -0.15) is 0 Å². The molecule has 2 aromatic carbocycles. The van der Waals surface area contributed by atoms with Crippen LogP contribution in [0.3, 0.4) is 0 Å². The third-order valence-electron chi connectivity index (χ3n) is 5.08. The Hall–Kier alpha value is -2.35. The molecule has 164 valence electrons. The first-order valence-electron chi connectivity index (χ1n) is 10.3. The fourth-order valence-electron chi connectivity index (χ4n) is 3.47. The molecule has 0 saturated carbocycles. The molecule has 3 aromatic rings. The van der Waals surface area contributed by atoms with Crippen LogP contribution in [-0.2, 0) is 11.3 Å². The molecule has 31 heavy (non-hydrogen) atoms. The Morgan fingerprint density at radius 1 is 1.19 bits per heavy atom. The minimum atomic E-state index is -0.128. The largest absolute Gasteiger partial charge is 0.331 e. The van der Waals surface area contributed by atoms with E-state index in [0.717, 1.165) is 23.0 Å². The summed E-state index contributed by atoms with van der Waals surface area (Å²) in [5.41, 5.74) is 2.84. The highest BCUT2D eigenvalue weighted by Gasteiger charge is 2.25. The number of thioether (sulfide) groups is 1. The van der Waals surface area contributed by atoms with E-state index >= 15 is 0 Å². The quantitative estimate of drug-likeness (QED) is 0.481. The van der Waals surface area contributed by atoms with E-state index in [1.165, 1.54) is 22.2 Å². The molecule has 0 spiro atoms. The smallest absolute Gasteiger partial charge is 0.234 e. The lowest BCUT2D eigenvalue weighted by Crippen LogP contribution is -3.06. The zero-order chi connectivity index (χ0) is 22.4. The number of rotatable bonds is 9. The van der Waals surface area contributed by atoms with E-state index in [1.807, 2.05) is 43.3 Å². The number of nitrogens with one attached hydrogen (secondary N) is 2. The van der Waals surface area contributed by atoms with Crippen molar-refractivity contribution < 1.29 is 9.69 Å². The molecule has 6 nitrogen and oxygen atoms in total. The first-order chi connectivity index (χ1) is 14.9. The maximum atomic E-state index is 12.5. The van der Waals surface area contributed by atoms with Gasteiger partial charge in [0.15, 0.2) is 11.0 Å². The number of anilines is 1. The fraction of sp³-hybridized carbons (Fsp3) is 0.348. The van der Waals surface area contributed by atoms with Crippen molar-refractivity contribution in [2.75, 3.05) is 25.2 Å². The summed E-state index contributed by atoms with van der Waals surface area (Å²) in [7, 11) is 4.25. The molecule has 0 fully saturated rings. The number of amides is 1. The molecule has 2 N–H and O–H groups in total. The van der Waals surface area contributed by atoms with E-state index in [-0.39, 0.29) is 17.7 Å². The van der Waals surface area contributed by atoms with Crippen LogP contribution in [0.15, 0.2) is 53.7 Å². The molecule has 3 rings (SSSR count). The predicted molar refractivity (Wildman–Crippen MR) is 127 cm³/mol. The van der Waals surface area contributed by atoms with Crippen LogP contribution in [0, 0.1) is 6.92 Å². The molecule has 8 heteroatoms. The van der Waals surface area contributed by atoms with Crippen LogP contribution in [0.5, 0.6) is 0 Å². The number of carbonyl (C=O) groups is 1. The third kappa shape index (κ3) is 6.09. The van der Waals surface area contributed by atoms with Crippen molar-refractivity contribution in [1.82, 2.24) is 14.8 Å². The van der Waals surface area contributed by atoms with Crippen molar-refractivity contribution in [3.63, 3.8) is 0 Å². The second-order valence-electron chi connectivity index (χ2n) is 7.77. The van der Waals surface area contributed by atoms with Crippen LogP contribution in [-0.4, -0.2) is 40.5 Å². The number of carbonyl (C=O) groups excluding carboxylic acids is 1. The maximum absolute atomic E-state index is 12.5. The monoisotopic (exact) mass is 458 g/mol. The van der Waals surface area contributed by atoms with E-state index < -0.39 is 0 Å². The standard InChI is InChI=1S/C23H28ClN5OS/c1-5-20(28(3)4)22-26-27-23(29(22)14-17-9-7-6-8-10-17)31-15-21(30)25-19-12-11-16(2)13-18(19)24/h6-13,20H,5,14-15H2,1-4H3,(H,25,30)/p+1/t20-/m1/s1. The molecule has 1 amide bonds. The van der Waals surface area contributed by atoms with E-state index in [1.54, 1.807) is 0 Å². The summed E-state index contributed by atoms with van der Waals surface area (Å²) in [6.45, 7) is 4.79. The molecule has 0 bridgehead atoms. The van der Waals surface area contributed by atoms with Crippen molar-refractivity contribution in [2.45, 2.75) is 38.0 Å². The summed E-state index contributed by atoms with van der Waals surface area (Å²) in [5, 5.41) is 13.1. The molecule has 1 atom stereocenters. The lowest BCUT2D eigenvalue weighted by molar-refractivity contribution is -0.893. The minimum absolute atomic E-state index is 0.128. The second kappa shape index (κ2) is 10.8. The average Bonchev–Trinajstić information content (AvgIpc) is 3.12. The first-order valence-corrected chi connectivity index (χ1v) is 11.7. The number of hydrogen-bond donors (Lipinski definition) is 2. The molecule has 0 aliphatic carbocycles. The maximum Gasteiger partial charge on any atom is 0.234 e. The SMILES string of the molecule is CC[C@H](c1nnc(SCC(=O)Nc2ccc(C)cc2Cl)n1Cc1ccccc1)[NH+](C)C. The van der Waals surface area contributed by atoms with Crippen LogP contribution >= 0.6 is 23.4 Å². The summed E-state index contributed by atoms with van der Waals surface area (Å²) in [4.78, 5) is 13.8. The highest BCUT2D eigenvalue weighted by Crippen LogP contribution is 2.25. The van der Waals surface area contributed by atoms with Gasteiger partial charge in [0.2, 0.25) is 5.91 Å². The highest BCUT2D eigenvalue weighted by molar-refractivity contribution is 7.99. The van der Waals surface area contributed by atoms with Gasteiger partial charge in [0.25, 0.3) is 0 Å². The van der Waals surface area contributed by atoms with Gasteiger partial charge in [-0.3, -0.25) is 9.36 Å². The van der Waals surface area contributed by atoms with Crippen molar-refractivity contribution in [3.05, 3.63) is 70.5 Å². The van der Waals surface area contributed by atoms with Gasteiger partial charge in [0, 0.05) is 6.42 Å². The van der Waals surface area contributed by atoms with Crippen molar-refractivity contribution >= 4 is 35.0 Å². The lowest BCUT2D eigenvalue weighted by atomic mass is 10.2. The third-order valence-corrected chi connectivity index (χ3v) is 6.36. The summed E-state index contributed by atoms with van der Waals surface area (Å²) in [5.74, 6) is 1.04. The number of halogens is 1. The Morgan fingerprint density at radius 2 is 1.94 bits per heavy atom. The van der Waals surface area contributed by atoms with E-state index in [0.29, 0.717) is 17.3 Å². The molecule has 1 aromatic heterocycles. The minimum Gasteiger partial charge on any atom is -0.331 e. The molecular weight excluding hydrogens is 430 g/mol. The van der Waals surface area contributed by atoms with Gasteiger partial charge in [0.05, 0.1) is 37.1 Å². The normalized spacial score (nSPS) is 12.2. The molecular formula is C23H29ClN5OS+. The van der Waals surface area contributed by atoms with Gasteiger partial charge in [-0.05, 0) is 30.2 Å². The van der Waals surface area contributed by atoms with Gasteiger partial charge in [-0.15, -0.1) is 10.2 Å². The zero-order valence-corrected chi connectivity index (χ0v) is 19.9.